The Kier molecular flexibility index (Phi) is 7.75. The predicted molar refractivity (Wildman–Crippen MR) is 117 cm³/mol. The Morgan fingerprint density at radius 1 is 1.13 bits per heavy atom. The van der Waals surface area contributed by atoms with Gasteiger partial charge in [0.25, 0.3) is 11.5 Å². The topological polar surface area (TPSA) is 142 Å². The Morgan fingerprint density at radius 2 is 1.80 bits per heavy atom. The normalized spacial score (nSPS) is 9.83. The van der Waals surface area contributed by atoms with E-state index in [1.165, 1.54) is 6.07 Å². The third kappa shape index (κ3) is 5.26. The maximum absolute atomic E-state index is 12.3. The number of hydrogen-bond donors (Lipinski definition) is 3. The molecule has 0 fully saturated rings. The van der Waals surface area contributed by atoms with Gasteiger partial charge >= 0.3 is 0 Å². The number of rotatable bonds is 6. The van der Waals surface area contributed by atoms with Crippen LogP contribution < -0.4 is 16.6 Å². The number of aromatic nitrogens is 2. The molecule has 2 amide bonds. The van der Waals surface area contributed by atoms with Crippen LogP contribution in [0, 0.1) is 11.3 Å². The number of halogens is 1. The van der Waals surface area contributed by atoms with E-state index in [1.54, 1.807) is 42.5 Å². The molecule has 0 aliphatic heterocycles. The first kappa shape index (κ1) is 22.7. The fourth-order valence-corrected chi connectivity index (χ4v) is 3.22. The average molecular weight is 442 g/mol. The van der Waals surface area contributed by atoms with Gasteiger partial charge in [-0.25, -0.2) is 4.98 Å². The molecule has 2 aromatic carbocycles. The van der Waals surface area contributed by atoms with E-state index < -0.39 is 17.4 Å². The fourth-order valence-electron chi connectivity index (χ4n) is 2.56. The number of nitrogens with two attached hydrogens (primary N) is 1. The van der Waals surface area contributed by atoms with Gasteiger partial charge in [0, 0.05) is 5.56 Å². The first-order chi connectivity index (χ1) is 14.0. The van der Waals surface area contributed by atoms with Crippen LogP contribution in [0.1, 0.15) is 15.9 Å². The van der Waals surface area contributed by atoms with Crippen LogP contribution in [0.2, 0.25) is 0 Å². The van der Waals surface area contributed by atoms with Crippen molar-refractivity contribution in [2.75, 3.05) is 11.1 Å². The number of amides is 2. The van der Waals surface area contributed by atoms with Gasteiger partial charge in [0.2, 0.25) is 5.91 Å². The minimum absolute atomic E-state index is 0. The van der Waals surface area contributed by atoms with Gasteiger partial charge in [-0.15, -0.1) is 12.4 Å². The number of nitrogens with zero attached hydrogens (tertiary/aromatic N) is 2. The number of H-pyrrole nitrogens is 1. The lowest BCUT2D eigenvalue weighted by Crippen LogP contribution is -2.20. The van der Waals surface area contributed by atoms with E-state index in [-0.39, 0.29) is 40.1 Å². The molecule has 0 atom stereocenters. The Hall–Kier alpha value is -3.61. The van der Waals surface area contributed by atoms with Crippen molar-refractivity contribution in [1.82, 2.24) is 9.97 Å². The largest absolute Gasteiger partial charge is 0.366 e. The molecular weight excluding hydrogens is 426 g/mol. The van der Waals surface area contributed by atoms with Crippen molar-refractivity contribution in [3.05, 3.63) is 76.1 Å². The number of carbonyl (C=O) groups is 2. The zero-order valence-corrected chi connectivity index (χ0v) is 17.0. The summed E-state index contributed by atoms with van der Waals surface area (Å²) in [6.07, 6.45) is 0. The quantitative estimate of drug-likeness (QED) is 0.396. The molecule has 0 radical (unpaired) electrons. The lowest BCUT2D eigenvalue weighted by molar-refractivity contribution is -0.113. The summed E-state index contributed by atoms with van der Waals surface area (Å²) in [5.74, 6) is -1.13. The summed E-state index contributed by atoms with van der Waals surface area (Å²) >= 11 is 1.000. The zero-order chi connectivity index (χ0) is 20.8. The smallest absolute Gasteiger partial charge is 0.270 e. The fraction of sp³-hybridized carbons (Fsp3) is 0.0500. The van der Waals surface area contributed by atoms with Crippen LogP contribution in [0.3, 0.4) is 0 Å². The van der Waals surface area contributed by atoms with Gasteiger partial charge in [0.15, 0.2) is 5.16 Å². The highest BCUT2D eigenvalue weighted by Gasteiger charge is 2.15. The molecule has 0 aliphatic carbocycles. The van der Waals surface area contributed by atoms with Gasteiger partial charge in [0.1, 0.15) is 11.6 Å². The number of anilines is 1. The third-order valence-corrected chi connectivity index (χ3v) is 4.74. The molecule has 3 aromatic rings. The highest BCUT2D eigenvalue weighted by Crippen LogP contribution is 2.22. The maximum Gasteiger partial charge on any atom is 0.270 e. The number of para-hydroxylation sites is 1. The van der Waals surface area contributed by atoms with Crippen molar-refractivity contribution in [3.8, 4) is 17.3 Å². The van der Waals surface area contributed by atoms with Crippen LogP contribution >= 0.6 is 24.2 Å². The minimum Gasteiger partial charge on any atom is -0.366 e. The van der Waals surface area contributed by atoms with Crippen LogP contribution in [0.25, 0.3) is 11.3 Å². The Morgan fingerprint density at radius 3 is 2.47 bits per heavy atom. The molecule has 0 aliphatic rings. The maximum atomic E-state index is 12.3. The highest BCUT2D eigenvalue weighted by atomic mass is 35.5. The van der Waals surface area contributed by atoms with E-state index in [0.29, 0.717) is 11.3 Å². The highest BCUT2D eigenvalue weighted by molar-refractivity contribution is 7.99. The molecule has 3 rings (SSSR count). The molecule has 8 nitrogen and oxygen atoms in total. The van der Waals surface area contributed by atoms with Crippen LogP contribution in [-0.2, 0) is 4.79 Å². The molecule has 4 N–H and O–H groups in total. The van der Waals surface area contributed by atoms with Crippen molar-refractivity contribution in [3.63, 3.8) is 0 Å². The SMILES string of the molecule is Cl.N#Cc1c(-c2ccccc2)nc(SCC(=O)Nc2ccccc2C(N)=O)[nH]c1=O. The summed E-state index contributed by atoms with van der Waals surface area (Å²) in [5, 5.41) is 12.1. The van der Waals surface area contributed by atoms with Crippen LogP contribution in [0.4, 0.5) is 5.69 Å². The second-order valence-corrected chi connectivity index (χ2v) is 6.78. The number of aromatic amines is 1. The van der Waals surface area contributed by atoms with E-state index >= 15 is 0 Å². The van der Waals surface area contributed by atoms with Gasteiger partial charge in [-0.05, 0) is 12.1 Å². The van der Waals surface area contributed by atoms with Gasteiger partial charge in [-0.2, -0.15) is 5.26 Å². The standard InChI is InChI=1S/C20H15N5O3S.ClH/c21-10-14-17(12-6-2-1-3-7-12)24-20(25-19(14)28)29-11-16(26)23-15-9-5-4-8-13(15)18(22)27;/h1-9H,11H2,(H2,22,27)(H,23,26)(H,24,25,28);1H. The molecule has 0 spiro atoms. The molecule has 1 aromatic heterocycles. The van der Waals surface area contributed by atoms with Gasteiger partial charge in [0.05, 0.1) is 22.7 Å². The van der Waals surface area contributed by atoms with Crippen molar-refractivity contribution in [2.45, 2.75) is 5.16 Å². The van der Waals surface area contributed by atoms with Gasteiger partial charge in [-0.1, -0.05) is 54.2 Å². The molecular formula is C20H16ClN5O3S. The Balaban J connectivity index is 0.00000320. The predicted octanol–water partition coefficient (Wildman–Crippen LogP) is 2.56. The van der Waals surface area contributed by atoms with E-state index in [9.17, 15) is 19.6 Å². The van der Waals surface area contributed by atoms with Gasteiger partial charge < -0.3 is 16.0 Å². The van der Waals surface area contributed by atoms with E-state index in [4.69, 9.17) is 5.73 Å². The van der Waals surface area contributed by atoms with Crippen molar-refractivity contribution in [1.29, 1.82) is 5.26 Å². The number of benzene rings is 2. The summed E-state index contributed by atoms with van der Waals surface area (Å²) in [7, 11) is 0. The monoisotopic (exact) mass is 441 g/mol. The molecule has 1 heterocycles. The molecule has 10 heteroatoms. The number of nitriles is 1. The first-order valence-electron chi connectivity index (χ1n) is 8.41. The summed E-state index contributed by atoms with van der Waals surface area (Å²) in [4.78, 5) is 42.8. The van der Waals surface area contributed by atoms with Crippen LogP contribution in [0.5, 0.6) is 0 Å². The van der Waals surface area contributed by atoms with Crippen LogP contribution in [-0.4, -0.2) is 27.5 Å². The number of primary amides is 1. The molecule has 0 bridgehead atoms. The van der Waals surface area contributed by atoms with E-state index in [0.717, 1.165) is 11.8 Å². The molecule has 0 saturated heterocycles. The Bertz CT molecular complexity index is 1180. The van der Waals surface area contributed by atoms with Crippen molar-refractivity contribution >= 4 is 41.7 Å². The number of carbonyl (C=O) groups excluding carboxylic acids is 2. The minimum atomic E-state index is -0.654. The van der Waals surface area contributed by atoms with Crippen molar-refractivity contribution in [2.24, 2.45) is 5.73 Å². The summed E-state index contributed by atoms with van der Waals surface area (Å²) < 4.78 is 0. The Labute approximate surface area is 181 Å². The number of thioether (sulfide) groups is 1. The molecule has 30 heavy (non-hydrogen) atoms. The lowest BCUT2D eigenvalue weighted by Gasteiger charge is -2.09. The number of hydrogen-bond acceptors (Lipinski definition) is 6. The summed E-state index contributed by atoms with van der Waals surface area (Å²) in [6.45, 7) is 0. The summed E-state index contributed by atoms with van der Waals surface area (Å²) in [6, 6.07) is 17.1. The second-order valence-electron chi connectivity index (χ2n) is 5.82. The van der Waals surface area contributed by atoms with Crippen LogP contribution in [0.15, 0.2) is 64.5 Å². The van der Waals surface area contributed by atoms with Crippen molar-refractivity contribution < 1.29 is 9.59 Å². The van der Waals surface area contributed by atoms with E-state index in [1.807, 2.05) is 12.1 Å². The first-order valence-corrected chi connectivity index (χ1v) is 9.39. The average Bonchev–Trinajstić information content (AvgIpc) is 2.72. The second kappa shape index (κ2) is 10.2. The van der Waals surface area contributed by atoms with Gasteiger partial charge in [-0.3, -0.25) is 14.4 Å². The molecule has 0 unspecified atom stereocenters. The lowest BCUT2D eigenvalue weighted by atomic mass is 10.1. The zero-order valence-electron chi connectivity index (χ0n) is 15.4. The molecule has 152 valence electrons. The number of nitrogens with one attached hydrogen (secondary N) is 2. The summed E-state index contributed by atoms with van der Waals surface area (Å²) in [5.41, 5.74) is 5.99. The third-order valence-electron chi connectivity index (χ3n) is 3.86. The van der Waals surface area contributed by atoms with E-state index in [2.05, 4.69) is 15.3 Å². The molecule has 0 saturated carbocycles.